The van der Waals surface area contributed by atoms with Crippen LogP contribution in [-0.2, 0) is 0 Å². The zero-order chi connectivity index (χ0) is 13.8. The molecule has 3 rings (SSSR count). The van der Waals surface area contributed by atoms with Gasteiger partial charge in [-0.25, -0.2) is 4.98 Å². The average Bonchev–Trinajstić information content (AvgIpc) is 2.51. The summed E-state index contributed by atoms with van der Waals surface area (Å²) in [6.45, 7) is 0. The maximum absolute atomic E-state index is 5.89. The number of halogens is 1. The SMILES string of the molecule is Brc1ccc(Oc2ccccc2-c2ccccc2)nc1. The molecule has 0 aliphatic rings. The third-order valence-electron chi connectivity index (χ3n) is 2.89. The van der Waals surface area contributed by atoms with Gasteiger partial charge in [0, 0.05) is 22.3 Å². The van der Waals surface area contributed by atoms with E-state index < -0.39 is 0 Å². The predicted octanol–water partition coefficient (Wildman–Crippen LogP) is 5.30. The van der Waals surface area contributed by atoms with Gasteiger partial charge in [-0.15, -0.1) is 0 Å². The zero-order valence-corrected chi connectivity index (χ0v) is 12.2. The lowest BCUT2D eigenvalue weighted by molar-refractivity contribution is 0.464. The fourth-order valence-electron chi connectivity index (χ4n) is 1.95. The van der Waals surface area contributed by atoms with Crippen LogP contribution in [0.15, 0.2) is 77.4 Å². The van der Waals surface area contributed by atoms with Crippen LogP contribution >= 0.6 is 15.9 Å². The first-order chi connectivity index (χ1) is 9.83. The molecular formula is C17H12BrNO. The van der Waals surface area contributed by atoms with E-state index in [-0.39, 0.29) is 0 Å². The Morgan fingerprint density at radius 2 is 1.55 bits per heavy atom. The van der Waals surface area contributed by atoms with Crippen molar-refractivity contribution in [2.24, 2.45) is 0 Å². The highest BCUT2D eigenvalue weighted by atomic mass is 79.9. The minimum atomic E-state index is 0.580. The van der Waals surface area contributed by atoms with Crippen molar-refractivity contribution >= 4 is 15.9 Å². The Bertz CT molecular complexity index is 696. The van der Waals surface area contributed by atoms with Crippen molar-refractivity contribution in [1.82, 2.24) is 4.98 Å². The first kappa shape index (κ1) is 12.9. The normalized spacial score (nSPS) is 10.2. The number of aromatic nitrogens is 1. The smallest absolute Gasteiger partial charge is 0.219 e. The molecule has 0 saturated heterocycles. The van der Waals surface area contributed by atoms with Crippen molar-refractivity contribution < 1.29 is 4.74 Å². The van der Waals surface area contributed by atoms with Gasteiger partial charge in [0.1, 0.15) is 5.75 Å². The fourth-order valence-corrected chi connectivity index (χ4v) is 2.18. The highest BCUT2D eigenvalue weighted by molar-refractivity contribution is 9.10. The number of nitrogens with zero attached hydrogens (tertiary/aromatic N) is 1. The summed E-state index contributed by atoms with van der Waals surface area (Å²) in [6.07, 6.45) is 1.72. The van der Waals surface area contributed by atoms with Crippen molar-refractivity contribution in [2.75, 3.05) is 0 Å². The summed E-state index contributed by atoms with van der Waals surface area (Å²) in [5.41, 5.74) is 2.18. The quantitative estimate of drug-likeness (QED) is 0.651. The van der Waals surface area contributed by atoms with Crippen LogP contribution in [0.5, 0.6) is 11.6 Å². The van der Waals surface area contributed by atoms with Gasteiger partial charge in [-0.2, -0.15) is 0 Å². The predicted molar refractivity (Wildman–Crippen MR) is 83.9 cm³/mol. The minimum Gasteiger partial charge on any atom is -0.438 e. The summed E-state index contributed by atoms with van der Waals surface area (Å²) in [7, 11) is 0. The Morgan fingerprint density at radius 1 is 0.800 bits per heavy atom. The van der Waals surface area contributed by atoms with E-state index in [2.05, 4.69) is 33.0 Å². The topological polar surface area (TPSA) is 22.1 Å². The molecule has 0 unspecified atom stereocenters. The molecule has 0 aliphatic heterocycles. The van der Waals surface area contributed by atoms with Crippen LogP contribution in [-0.4, -0.2) is 4.98 Å². The first-order valence-electron chi connectivity index (χ1n) is 6.27. The summed E-state index contributed by atoms with van der Waals surface area (Å²) in [4.78, 5) is 4.24. The van der Waals surface area contributed by atoms with E-state index in [1.54, 1.807) is 6.20 Å². The number of benzene rings is 2. The Morgan fingerprint density at radius 3 is 2.30 bits per heavy atom. The third-order valence-corrected chi connectivity index (χ3v) is 3.36. The molecule has 0 spiro atoms. The molecule has 1 heterocycles. The molecule has 3 heteroatoms. The van der Waals surface area contributed by atoms with Gasteiger partial charge in [0.25, 0.3) is 0 Å². The molecule has 2 aromatic carbocycles. The number of pyridine rings is 1. The highest BCUT2D eigenvalue weighted by Crippen LogP contribution is 2.32. The van der Waals surface area contributed by atoms with Crippen molar-refractivity contribution in [3.63, 3.8) is 0 Å². The van der Waals surface area contributed by atoms with Crippen LogP contribution in [0.4, 0.5) is 0 Å². The molecule has 0 aliphatic carbocycles. The molecule has 0 saturated carbocycles. The zero-order valence-electron chi connectivity index (χ0n) is 10.7. The number of ether oxygens (including phenoxy) is 1. The summed E-state index contributed by atoms with van der Waals surface area (Å²) in [6, 6.07) is 21.9. The van der Waals surface area contributed by atoms with Gasteiger partial charge in [-0.1, -0.05) is 48.5 Å². The standard InChI is InChI=1S/C17H12BrNO/c18-14-10-11-17(19-12-14)20-16-9-5-4-8-15(16)13-6-2-1-3-7-13/h1-12H. The van der Waals surface area contributed by atoms with Gasteiger partial charge in [-0.3, -0.25) is 0 Å². The molecule has 2 nitrogen and oxygen atoms in total. The molecule has 20 heavy (non-hydrogen) atoms. The largest absolute Gasteiger partial charge is 0.438 e. The van der Waals surface area contributed by atoms with Gasteiger partial charge in [-0.05, 0) is 33.6 Å². The van der Waals surface area contributed by atoms with Crippen LogP contribution in [0.1, 0.15) is 0 Å². The monoisotopic (exact) mass is 325 g/mol. The number of hydrogen-bond donors (Lipinski definition) is 0. The molecule has 0 fully saturated rings. The highest BCUT2D eigenvalue weighted by Gasteiger charge is 2.06. The van der Waals surface area contributed by atoms with Crippen LogP contribution in [0, 0.1) is 0 Å². The van der Waals surface area contributed by atoms with Gasteiger partial charge in [0.2, 0.25) is 5.88 Å². The molecule has 3 aromatic rings. The third kappa shape index (κ3) is 2.89. The summed E-state index contributed by atoms with van der Waals surface area (Å²) in [5.74, 6) is 1.38. The molecule has 0 atom stereocenters. The Labute approximate surface area is 126 Å². The van der Waals surface area contributed by atoms with Crippen LogP contribution in [0.3, 0.4) is 0 Å². The van der Waals surface area contributed by atoms with E-state index in [1.807, 2.05) is 54.6 Å². The van der Waals surface area contributed by atoms with Crippen LogP contribution < -0.4 is 4.74 Å². The second-order valence-electron chi connectivity index (χ2n) is 4.28. The van der Waals surface area contributed by atoms with E-state index in [0.29, 0.717) is 5.88 Å². The van der Waals surface area contributed by atoms with E-state index in [9.17, 15) is 0 Å². The first-order valence-corrected chi connectivity index (χ1v) is 7.06. The molecule has 0 radical (unpaired) electrons. The number of hydrogen-bond acceptors (Lipinski definition) is 2. The van der Waals surface area contributed by atoms with Gasteiger partial charge >= 0.3 is 0 Å². The molecule has 98 valence electrons. The Hall–Kier alpha value is -2.13. The Kier molecular flexibility index (Phi) is 3.79. The van der Waals surface area contributed by atoms with Crippen molar-refractivity contribution in [1.29, 1.82) is 0 Å². The average molecular weight is 326 g/mol. The lowest BCUT2D eigenvalue weighted by Crippen LogP contribution is -1.90. The van der Waals surface area contributed by atoms with Crippen LogP contribution in [0.2, 0.25) is 0 Å². The van der Waals surface area contributed by atoms with Crippen molar-refractivity contribution in [2.45, 2.75) is 0 Å². The lowest BCUT2D eigenvalue weighted by atomic mass is 10.1. The molecule has 0 N–H and O–H groups in total. The second-order valence-corrected chi connectivity index (χ2v) is 5.19. The van der Waals surface area contributed by atoms with Gasteiger partial charge in [0.05, 0.1) is 0 Å². The number of rotatable bonds is 3. The van der Waals surface area contributed by atoms with Gasteiger partial charge < -0.3 is 4.74 Å². The summed E-state index contributed by atoms with van der Waals surface area (Å²) < 4.78 is 6.82. The minimum absolute atomic E-state index is 0.580. The van der Waals surface area contributed by atoms with E-state index in [4.69, 9.17) is 4.74 Å². The molecule has 0 amide bonds. The molecule has 1 aromatic heterocycles. The maximum Gasteiger partial charge on any atom is 0.219 e. The Balaban J connectivity index is 1.96. The summed E-state index contributed by atoms with van der Waals surface area (Å²) >= 11 is 3.36. The van der Waals surface area contributed by atoms with Crippen molar-refractivity contribution in [3.8, 4) is 22.8 Å². The summed E-state index contributed by atoms with van der Waals surface area (Å²) in [5, 5.41) is 0. The van der Waals surface area contributed by atoms with E-state index in [0.717, 1.165) is 21.3 Å². The van der Waals surface area contributed by atoms with Gasteiger partial charge in [0.15, 0.2) is 0 Å². The maximum atomic E-state index is 5.89. The second kappa shape index (κ2) is 5.88. The molecule has 0 bridgehead atoms. The number of para-hydroxylation sites is 1. The lowest BCUT2D eigenvalue weighted by Gasteiger charge is -2.10. The van der Waals surface area contributed by atoms with Crippen molar-refractivity contribution in [3.05, 3.63) is 77.4 Å². The van der Waals surface area contributed by atoms with Crippen LogP contribution in [0.25, 0.3) is 11.1 Å². The van der Waals surface area contributed by atoms with E-state index in [1.165, 1.54) is 0 Å². The van der Waals surface area contributed by atoms with E-state index >= 15 is 0 Å². The fraction of sp³-hybridized carbons (Fsp3) is 0. The molecular weight excluding hydrogens is 314 g/mol.